The summed E-state index contributed by atoms with van der Waals surface area (Å²) in [6.07, 6.45) is -3.62. The highest BCUT2D eigenvalue weighted by atomic mass is 16.5. The molecule has 1 heterocycles. The first-order chi connectivity index (χ1) is 6.61. The number of rotatable bonds is 2. The summed E-state index contributed by atoms with van der Waals surface area (Å²) in [5, 5.41) is 31.2. The number of aliphatic hydroxyl groups is 3. The van der Waals surface area contributed by atoms with E-state index in [1.807, 2.05) is 0 Å². The fourth-order valence-electron chi connectivity index (χ4n) is 1.48. The molecular formula is C7H13N3O4. The minimum atomic E-state index is -1.18. The molecule has 0 spiro atoms. The lowest BCUT2D eigenvalue weighted by Gasteiger charge is -2.39. The van der Waals surface area contributed by atoms with Crippen LogP contribution in [-0.4, -0.2) is 52.4 Å². The average molecular weight is 203 g/mol. The fourth-order valence-corrected chi connectivity index (χ4v) is 1.48. The Bertz CT molecular complexity index is 243. The molecule has 0 saturated carbocycles. The lowest BCUT2D eigenvalue weighted by Crippen LogP contribution is -2.56. The Labute approximate surface area is 80.6 Å². The normalized spacial score (nSPS) is 43.0. The van der Waals surface area contributed by atoms with Crippen LogP contribution in [0, 0.1) is 0 Å². The summed E-state index contributed by atoms with van der Waals surface area (Å²) in [6, 6.07) is -0.971. The van der Waals surface area contributed by atoms with Crippen LogP contribution >= 0.6 is 0 Å². The van der Waals surface area contributed by atoms with Crippen molar-refractivity contribution in [3.05, 3.63) is 10.4 Å². The first-order valence-electron chi connectivity index (χ1n) is 4.28. The molecule has 14 heavy (non-hydrogen) atoms. The summed E-state index contributed by atoms with van der Waals surface area (Å²) in [4.78, 5) is 2.53. The lowest BCUT2D eigenvalue weighted by atomic mass is 9.94. The van der Waals surface area contributed by atoms with Crippen molar-refractivity contribution in [3.63, 3.8) is 0 Å². The molecule has 0 aromatic carbocycles. The van der Waals surface area contributed by atoms with E-state index < -0.39 is 30.5 Å². The molecule has 1 fully saturated rings. The van der Waals surface area contributed by atoms with Crippen molar-refractivity contribution in [2.45, 2.75) is 37.4 Å². The van der Waals surface area contributed by atoms with Gasteiger partial charge in [-0.05, 0) is 12.5 Å². The van der Waals surface area contributed by atoms with E-state index in [0.717, 1.165) is 0 Å². The van der Waals surface area contributed by atoms with Crippen LogP contribution in [0.3, 0.4) is 0 Å². The minimum Gasteiger partial charge on any atom is -0.394 e. The van der Waals surface area contributed by atoms with E-state index in [4.69, 9.17) is 15.4 Å². The van der Waals surface area contributed by atoms with Gasteiger partial charge in [0, 0.05) is 4.91 Å². The van der Waals surface area contributed by atoms with E-state index in [1.165, 1.54) is 0 Å². The summed E-state index contributed by atoms with van der Waals surface area (Å²) >= 11 is 0. The second-order valence-corrected chi connectivity index (χ2v) is 3.24. The SMILES string of the molecule is C[C@@H]1OC(CO)[C@H](O)C(N=[N+]=[N-])[C@H]1O. The fraction of sp³-hybridized carbons (Fsp3) is 1.00. The zero-order chi connectivity index (χ0) is 10.7. The van der Waals surface area contributed by atoms with Gasteiger partial charge in [0.25, 0.3) is 0 Å². The molecule has 0 radical (unpaired) electrons. The summed E-state index contributed by atoms with van der Waals surface area (Å²) in [5.41, 5.74) is 8.23. The molecule has 0 bridgehead atoms. The van der Waals surface area contributed by atoms with Crippen LogP contribution in [0.1, 0.15) is 6.92 Å². The summed E-state index contributed by atoms with van der Waals surface area (Å²) in [5.74, 6) is 0. The number of azide groups is 1. The topological polar surface area (TPSA) is 119 Å². The van der Waals surface area contributed by atoms with Crippen molar-refractivity contribution in [1.82, 2.24) is 0 Å². The van der Waals surface area contributed by atoms with Crippen molar-refractivity contribution >= 4 is 0 Å². The molecule has 2 unspecified atom stereocenters. The highest BCUT2D eigenvalue weighted by Gasteiger charge is 2.41. The molecule has 0 aromatic rings. The van der Waals surface area contributed by atoms with Crippen molar-refractivity contribution in [2.75, 3.05) is 6.61 Å². The Balaban J connectivity index is 2.82. The Hall–Kier alpha value is -0.850. The Morgan fingerprint density at radius 2 is 2.07 bits per heavy atom. The number of ether oxygens (including phenoxy) is 1. The number of aliphatic hydroxyl groups excluding tert-OH is 3. The summed E-state index contributed by atoms with van der Waals surface area (Å²) in [7, 11) is 0. The first-order valence-corrected chi connectivity index (χ1v) is 4.28. The molecule has 0 aliphatic carbocycles. The molecule has 1 rings (SSSR count). The van der Waals surface area contributed by atoms with Gasteiger partial charge in [-0.25, -0.2) is 0 Å². The minimum absolute atomic E-state index is 0.379. The van der Waals surface area contributed by atoms with E-state index in [-0.39, 0.29) is 6.61 Å². The van der Waals surface area contributed by atoms with Gasteiger partial charge in [0.2, 0.25) is 0 Å². The number of nitrogens with zero attached hydrogens (tertiary/aromatic N) is 3. The van der Waals surface area contributed by atoms with Crippen LogP contribution in [0.5, 0.6) is 0 Å². The van der Waals surface area contributed by atoms with Crippen LogP contribution in [-0.2, 0) is 4.74 Å². The molecule has 5 atom stereocenters. The Morgan fingerprint density at radius 1 is 1.43 bits per heavy atom. The van der Waals surface area contributed by atoms with Crippen LogP contribution in [0.4, 0.5) is 0 Å². The molecule has 1 saturated heterocycles. The molecule has 80 valence electrons. The first kappa shape index (κ1) is 11.2. The van der Waals surface area contributed by atoms with Gasteiger partial charge in [-0.1, -0.05) is 5.11 Å². The molecule has 1 aliphatic rings. The van der Waals surface area contributed by atoms with Crippen molar-refractivity contribution in [2.24, 2.45) is 5.11 Å². The van der Waals surface area contributed by atoms with Crippen LogP contribution in [0.2, 0.25) is 0 Å². The maximum Gasteiger partial charge on any atom is 0.107 e. The Kier molecular flexibility index (Phi) is 3.68. The monoisotopic (exact) mass is 203 g/mol. The third-order valence-corrected chi connectivity index (χ3v) is 2.32. The maximum absolute atomic E-state index is 9.54. The van der Waals surface area contributed by atoms with Gasteiger partial charge < -0.3 is 20.1 Å². The smallest absolute Gasteiger partial charge is 0.107 e. The lowest BCUT2D eigenvalue weighted by molar-refractivity contribution is -0.182. The standard InChI is InChI=1S/C7H13N3O4/c1-3-6(12)5(9-10-8)7(13)4(2-11)14-3/h3-7,11-13H,2H2,1H3/t3-,4?,5?,6-,7-/m0/s1. The van der Waals surface area contributed by atoms with Gasteiger partial charge in [0.05, 0.1) is 31.0 Å². The Morgan fingerprint density at radius 3 is 2.57 bits per heavy atom. The maximum atomic E-state index is 9.54. The highest BCUT2D eigenvalue weighted by molar-refractivity contribution is 4.95. The van der Waals surface area contributed by atoms with Gasteiger partial charge in [-0.3, -0.25) is 0 Å². The molecule has 3 N–H and O–H groups in total. The molecule has 0 aromatic heterocycles. The van der Waals surface area contributed by atoms with Crippen molar-refractivity contribution < 1.29 is 20.1 Å². The van der Waals surface area contributed by atoms with Crippen molar-refractivity contribution in [3.8, 4) is 0 Å². The van der Waals surface area contributed by atoms with Gasteiger partial charge in [0.15, 0.2) is 0 Å². The number of hydrogen-bond donors (Lipinski definition) is 3. The molecule has 0 amide bonds. The number of hydrogen-bond acceptors (Lipinski definition) is 5. The van der Waals surface area contributed by atoms with Gasteiger partial charge >= 0.3 is 0 Å². The molecule has 7 heteroatoms. The summed E-state index contributed by atoms with van der Waals surface area (Å²) in [6.45, 7) is 1.20. The van der Waals surface area contributed by atoms with E-state index in [1.54, 1.807) is 6.92 Å². The van der Waals surface area contributed by atoms with Crippen LogP contribution < -0.4 is 0 Å². The van der Waals surface area contributed by atoms with E-state index in [2.05, 4.69) is 10.0 Å². The van der Waals surface area contributed by atoms with Gasteiger partial charge in [0.1, 0.15) is 6.10 Å². The molecular weight excluding hydrogens is 190 g/mol. The van der Waals surface area contributed by atoms with Crippen LogP contribution in [0.25, 0.3) is 10.4 Å². The largest absolute Gasteiger partial charge is 0.394 e. The third kappa shape index (κ3) is 1.97. The quantitative estimate of drug-likeness (QED) is 0.308. The van der Waals surface area contributed by atoms with E-state index >= 15 is 0 Å². The predicted molar refractivity (Wildman–Crippen MR) is 46.4 cm³/mol. The highest BCUT2D eigenvalue weighted by Crippen LogP contribution is 2.23. The van der Waals surface area contributed by atoms with Crippen molar-refractivity contribution in [1.29, 1.82) is 0 Å². The summed E-state index contributed by atoms with van der Waals surface area (Å²) < 4.78 is 5.10. The predicted octanol–water partition coefficient (Wildman–Crippen LogP) is -0.833. The average Bonchev–Trinajstić information content (AvgIpc) is 2.18. The van der Waals surface area contributed by atoms with E-state index in [0.29, 0.717) is 0 Å². The van der Waals surface area contributed by atoms with Crippen LogP contribution in [0.15, 0.2) is 5.11 Å². The van der Waals surface area contributed by atoms with E-state index in [9.17, 15) is 10.2 Å². The second-order valence-electron chi connectivity index (χ2n) is 3.24. The second kappa shape index (κ2) is 4.59. The zero-order valence-electron chi connectivity index (χ0n) is 7.69. The zero-order valence-corrected chi connectivity index (χ0v) is 7.69. The molecule has 1 aliphatic heterocycles. The van der Waals surface area contributed by atoms with Gasteiger partial charge in [-0.2, -0.15) is 0 Å². The third-order valence-electron chi connectivity index (χ3n) is 2.32. The molecule has 7 nitrogen and oxygen atoms in total. The van der Waals surface area contributed by atoms with Gasteiger partial charge in [-0.15, -0.1) is 0 Å².